The molecular weight excluding hydrogens is 362 g/mol. The van der Waals surface area contributed by atoms with Crippen LogP contribution in [-0.2, 0) is 25.7 Å². The lowest BCUT2D eigenvalue weighted by Crippen LogP contribution is -2.50. The van der Waals surface area contributed by atoms with Crippen LogP contribution >= 0.6 is 0 Å². The van der Waals surface area contributed by atoms with Crippen LogP contribution in [0.4, 0.5) is 0 Å². The highest BCUT2D eigenvalue weighted by Crippen LogP contribution is 2.10. The standard InChI is InChI=1S/C20H29N3O5/c1-16(24)22(12-17-6-4-3-5-7-17)9-8-19(25)23-10-11-28-18(14-23)13-21(2)15-20(26)27/h3-7,18H,8-15H2,1-2H3,(H,26,27). The number of carboxylic acid groups (broad SMARTS) is 1. The smallest absolute Gasteiger partial charge is 0.317 e. The second-order valence-corrected chi connectivity index (χ2v) is 7.10. The SMILES string of the molecule is CC(=O)N(CCC(=O)N1CCOC(CN(C)CC(=O)O)C1)Cc1ccccc1. The Hall–Kier alpha value is -2.45. The largest absolute Gasteiger partial charge is 0.480 e. The van der Waals surface area contributed by atoms with Crippen molar-refractivity contribution >= 4 is 17.8 Å². The zero-order chi connectivity index (χ0) is 20.5. The Bertz CT molecular complexity index is 667. The van der Waals surface area contributed by atoms with Gasteiger partial charge in [-0.2, -0.15) is 0 Å². The van der Waals surface area contributed by atoms with Crippen LogP contribution in [0.2, 0.25) is 0 Å². The second kappa shape index (κ2) is 10.8. The number of aliphatic carboxylic acids is 1. The van der Waals surface area contributed by atoms with E-state index < -0.39 is 5.97 Å². The van der Waals surface area contributed by atoms with Crippen LogP contribution in [0.1, 0.15) is 18.9 Å². The fourth-order valence-electron chi connectivity index (χ4n) is 3.24. The van der Waals surface area contributed by atoms with E-state index in [1.165, 1.54) is 6.92 Å². The number of amides is 2. The number of rotatable bonds is 9. The molecule has 2 rings (SSSR count). The Balaban J connectivity index is 1.83. The van der Waals surface area contributed by atoms with E-state index >= 15 is 0 Å². The molecule has 1 heterocycles. The summed E-state index contributed by atoms with van der Waals surface area (Å²) in [6.07, 6.45) is 0.0414. The second-order valence-electron chi connectivity index (χ2n) is 7.10. The average Bonchev–Trinajstić information content (AvgIpc) is 2.65. The summed E-state index contributed by atoms with van der Waals surface area (Å²) in [5, 5.41) is 8.85. The van der Waals surface area contributed by atoms with Crippen molar-refractivity contribution in [2.75, 3.05) is 46.4 Å². The van der Waals surface area contributed by atoms with Crippen molar-refractivity contribution in [3.63, 3.8) is 0 Å². The number of hydrogen-bond donors (Lipinski definition) is 1. The van der Waals surface area contributed by atoms with Crippen molar-refractivity contribution in [3.8, 4) is 0 Å². The molecule has 8 heteroatoms. The molecule has 0 radical (unpaired) electrons. The third kappa shape index (κ3) is 7.28. The van der Waals surface area contributed by atoms with Crippen LogP contribution in [-0.4, -0.2) is 90.1 Å². The van der Waals surface area contributed by atoms with Crippen molar-refractivity contribution < 1.29 is 24.2 Å². The summed E-state index contributed by atoms with van der Waals surface area (Å²) in [7, 11) is 1.71. The molecule has 8 nitrogen and oxygen atoms in total. The summed E-state index contributed by atoms with van der Waals surface area (Å²) >= 11 is 0. The predicted molar refractivity (Wildman–Crippen MR) is 104 cm³/mol. The Labute approximate surface area is 165 Å². The van der Waals surface area contributed by atoms with Crippen molar-refractivity contribution in [1.29, 1.82) is 0 Å². The molecule has 2 amide bonds. The van der Waals surface area contributed by atoms with Crippen LogP contribution < -0.4 is 0 Å². The number of morpholine rings is 1. The molecule has 1 aliphatic heterocycles. The van der Waals surface area contributed by atoms with Gasteiger partial charge in [0.25, 0.3) is 0 Å². The zero-order valence-corrected chi connectivity index (χ0v) is 16.5. The van der Waals surface area contributed by atoms with E-state index in [-0.39, 0.29) is 30.9 Å². The normalized spacial score (nSPS) is 16.8. The quantitative estimate of drug-likeness (QED) is 0.665. The van der Waals surface area contributed by atoms with Gasteiger partial charge < -0.3 is 19.6 Å². The van der Waals surface area contributed by atoms with Gasteiger partial charge in [0.05, 0.1) is 19.3 Å². The molecule has 0 saturated carbocycles. The number of carbonyl (C=O) groups is 3. The monoisotopic (exact) mass is 391 g/mol. The van der Waals surface area contributed by atoms with Gasteiger partial charge in [-0.25, -0.2) is 0 Å². The van der Waals surface area contributed by atoms with Gasteiger partial charge in [-0.15, -0.1) is 0 Å². The molecule has 28 heavy (non-hydrogen) atoms. The van der Waals surface area contributed by atoms with Gasteiger partial charge in [0.15, 0.2) is 0 Å². The number of benzene rings is 1. The molecule has 0 bridgehead atoms. The first-order valence-corrected chi connectivity index (χ1v) is 9.44. The molecule has 1 saturated heterocycles. The van der Waals surface area contributed by atoms with Crippen LogP contribution in [0.15, 0.2) is 30.3 Å². The summed E-state index contributed by atoms with van der Waals surface area (Å²) in [6, 6.07) is 9.69. The van der Waals surface area contributed by atoms with Crippen molar-refractivity contribution in [3.05, 3.63) is 35.9 Å². The minimum absolute atomic E-state index is 0.0199. The van der Waals surface area contributed by atoms with Gasteiger partial charge in [-0.3, -0.25) is 19.3 Å². The van der Waals surface area contributed by atoms with E-state index in [0.717, 1.165) is 5.56 Å². The first kappa shape index (κ1) is 21.8. The van der Waals surface area contributed by atoms with Gasteiger partial charge in [0.1, 0.15) is 0 Å². The summed E-state index contributed by atoms with van der Waals surface area (Å²) in [5.41, 5.74) is 1.03. The molecular formula is C20H29N3O5. The van der Waals surface area contributed by atoms with Gasteiger partial charge >= 0.3 is 5.97 Å². The number of ether oxygens (including phenoxy) is 1. The van der Waals surface area contributed by atoms with E-state index in [1.54, 1.807) is 21.7 Å². The maximum absolute atomic E-state index is 12.6. The molecule has 1 aromatic rings. The van der Waals surface area contributed by atoms with E-state index in [2.05, 4.69) is 0 Å². The molecule has 1 aliphatic rings. The highest BCUT2D eigenvalue weighted by atomic mass is 16.5. The minimum atomic E-state index is -0.894. The van der Waals surface area contributed by atoms with Gasteiger partial charge in [-0.05, 0) is 12.6 Å². The van der Waals surface area contributed by atoms with Crippen LogP contribution in [0.25, 0.3) is 0 Å². The Morgan fingerprint density at radius 3 is 2.61 bits per heavy atom. The molecule has 0 aromatic heterocycles. The molecule has 1 fully saturated rings. The molecule has 154 valence electrons. The topological polar surface area (TPSA) is 90.4 Å². The lowest BCUT2D eigenvalue weighted by Gasteiger charge is -2.35. The van der Waals surface area contributed by atoms with Gasteiger partial charge in [-0.1, -0.05) is 30.3 Å². The Morgan fingerprint density at radius 1 is 1.25 bits per heavy atom. The number of likely N-dealkylation sites (N-methyl/N-ethyl adjacent to an activating group) is 1. The highest BCUT2D eigenvalue weighted by molar-refractivity contribution is 5.78. The van der Waals surface area contributed by atoms with E-state index in [1.807, 2.05) is 30.3 Å². The lowest BCUT2D eigenvalue weighted by atomic mass is 10.2. The fraction of sp³-hybridized carbons (Fsp3) is 0.550. The number of carbonyl (C=O) groups excluding carboxylic acids is 2. The molecule has 1 unspecified atom stereocenters. The van der Waals surface area contributed by atoms with Crippen LogP contribution in [0.5, 0.6) is 0 Å². The first-order valence-electron chi connectivity index (χ1n) is 9.44. The first-order chi connectivity index (χ1) is 13.3. The number of carboxylic acids is 1. The summed E-state index contributed by atoms with van der Waals surface area (Å²) in [6.45, 7) is 4.11. The van der Waals surface area contributed by atoms with Crippen LogP contribution in [0, 0.1) is 0 Å². The maximum Gasteiger partial charge on any atom is 0.317 e. The molecule has 1 N–H and O–H groups in total. The summed E-state index contributed by atoms with van der Waals surface area (Å²) in [5.74, 6) is -0.978. The maximum atomic E-state index is 12.6. The summed E-state index contributed by atoms with van der Waals surface area (Å²) in [4.78, 5) is 40.4. The number of hydrogen-bond acceptors (Lipinski definition) is 5. The number of nitrogens with zero attached hydrogens (tertiary/aromatic N) is 3. The molecule has 1 aromatic carbocycles. The van der Waals surface area contributed by atoms with E-state index in [9.17, 15) is 14.4 Å². The summed E-state index contributed by atoms with van der Waals surface area (Å²) < 4.78 is 5.66. The minimum Gasteiger partial charge on any atom is -0.480 e. The van der Waals surface area contributed by atoms with Crippen LogP contribution in [0.3, 0.4) is 0 Å². The average molecular weight is 391 g/mol. The van der Waals surface area contributed by atoms with Crippen molar-refractivity contribution in [1.82, 2.24) is 14.7 Å². The van der Waals surface area contributed by atoms with Crippen molar-refractivity contribution in [2.24, 2.45) is 0 Å². The van der Waals surface area contributed by atoms with E-state index in [4.69, 9.17) is 9.84 Å². The third-order valence-corrected chi connectivity index (χ3v) is 4.67. The molecule has 0 spiro atoms. The predicted octanol–water partition coefficient (Wildman–Crippen LogP) is 0.669. The molecule has 0 aliphatic carbocycles. The highest BCUT2D eigenvalue weighted by Gasteiger charge is 2.26. The molecule has 1 atom stereocenters. The Kier molecular flexibility index (Phi) is 8.41. The van der Waals surface area contributed by atoms with Gasteiger partial charge in [0.2, 0.25) is 11.8 Å². The van der Waals surface area contributed by atoms with Gasteiger partial charge in [0, 0.05) is 46.1 Å². The third-order valence-electron chi connectivity index (χ3n) is 4.67. The lowest BCUT2D eigenvalue weighted by molar-refractivity contribution is -0.143. The van der Waals surface area contributed by atoms with Crippen molar-refractivity contribution in [2.45, 2.75) is 26.0 Å². The van der Waals surface area contributed by atoms with E-state index in [0.29, 0.717) is 39.3 Å². The fourth-order valence-corrected chi connectivity index (χ4v) is 3.24. The Morgan fingerprint density at radius 2 is 1.96 bits per heavy atom. The zero-order valence-electron chi connectivity index (χ0n) is 16.5.